The molecule has 2 aliphatic heterocycles. The van der Waals surface area contributed by atoms with Crippen LogP contribution in [-0.4, -0.2) is 103 Å². The number of aryl methyl sites for hydroxylation is 1. The molecule has 3 N–H and O–H groups in total. The summed E-state index contributed by atoms with van der Waals surface area (Å²) in [4.78, 5) is 37.6. The van der Waals surface area contributed by atoms with Gasteiger partial charge in [-0.15, -0.1) is 5.10 Å². The highest BCUT2D eigenvalue weighted by Crippen LogP contribution is 2.41. The standard InChI is InChI=1S/C15H18F2N6O7S2/c1-29-15(18-8(25)6-31-13(16)17)11(28)23-9(10(26)27)7(4-30-12(15)23)5-32-14-19-20-21-22(14)2-3-24/h12-13,24H,2-6H2,1H3,(H,18,25)(H,26,27)/t12-,15+/m1/s1/i2D2,3D2. The first-order valence-electron chi connectivity index (χ1n) is 10.5. The van der Waals surface area contributed by atoms with Crippen LogP contribution in [-0.2, 0) is 30.4 Å². The van der Waals surface area contributed by atoms with E-state index in [1.807, 2.05) is 0 Å². The van der Waals surface area contributed by atoms with Gasteiger partial charge in [0.1, 0.15) is 5.70 Å². The molecule has 176 valence electrons. The topological polar surface area (TPSA) is 169 Å². The number of aliphatic carboxylic acids is 1. The van der Waals surface area contributed by atoms with E-state index in [0.29, 0.717) is 21.3 Å². The van der Waals surface area contributed by atoms with Gasteiger partial charge >= 0.3 is 5.97 Å². The summed E-state index contributed by atoms with van der Waals surface area (Å²) in [6.07, 6.45) is -1.42. The lowest BCUT2D eigenvalue weighted by molar-refractivity contribution is -0.257. The van der Waals surface area contributed by atoms with Crippen LogP contribution in [0.1, 0.15) is 5.48 Å². The number of β-lactam (4-membered cyclic amide) rings is 1. The molecule has 1 saturated heterocycles. The minimum absolute atomic E-state index is 0.0142. The molecular weight excluding hydrogens is 478 g/mol. The number of carbonyl (C=O) groups is 3. The van der Waals surface area contributed by atoms with Crippen LogP contribution in [0.4, 0.5) is 8.78 Å². The molecule has 0 saturated carbocycles. The normalized spacial score (nSPS) is 25.5. The molecule has 32 heavy (non-hydrogen) atoms. The summed E-state index contributed by atoms with van der Waals surface area (Å²) in [6.45, 7) is -6.84. The fourth-order valence-electron chi connectivity index (χ4n) is 2.97. The van der Waals surface area contributed by atoms with E-state index in [1.54, 1.807) is 0 Å². The lowest BCUT2D eigenvalue weighted by atomic mass is 9.94. The third-order valence-corrected chi connectivity index (χ3v) is 5.96. The van der Waals surface area contributed by atoms with Gasteiger partial charge in [-0.1, -0.05) is 23.5 Å². The summed E-state index contributed by atoms with van der Waals surface area (Å²) in [5, 5.41) is 31.2. The van der Waals surface area contributed by atoms with E-state index in [4.69, 9.17) is 15.0 Å². The molecule has 0 aliphatic carbocycles. The second-order valence-corrected chi connectivity index (χ2v) is 7.96. The van der Waals surface area contributed by atoms with Gasteiger partial charge in [-0.25, -0.2) is 9.48 Å². The Hall–Kier alpha value is -2.34. The zero-order valence-corrected chi connectivity index (χ0v) is 17.7. The minimum atomic E-state index is -3.36. The number of nitrogens with one attached hydrogen (secondary N) is 1. The van der Waals surface area contributed by atoms with E-state index in [-0.39, 0.29) is 28.2 Å². The molecule has 2 atom stereocenters. The predicted molar refractivity (Wildman–Crippen MR) is 103 cm³/mol. The number of carboxylic acids is 1. The molecule has 0 bridgehead atoms. The van der Waals surface area contributed by atoms with Crippen molar-refractivity contribution in [2.24, 2.45) is 0 Å². The lowest BCUT2D eigenvalue weighted by Crippen LogP contribution is -2.82. The Kier molecular flexibility index (Phi) is 6.03. The number of ether oxygens (including phenoxy) is 2. The number of thioether (sulfide) groups is 2. The van der Waals surface area contributed by atoms with Crippen molar-refractivity contribution in [3.63, 3.8) is 0 Å². The van der Waals surface area contributed by atoms with Gasteiger partial charge in [0.2, 0.25) is 11.1 Å². The molecular formula is C15H18F2N6O7S2. The monoisotopic (exact) mass is 500 g/mol. The quantitative estimate of drug-likeness (QED) is 0.187. The first-order valence-corrected chi connectivity index (χ1v) is 10.5. The molecule has 2 amide bonds. The maximum absolute atomic E-state index is 12.9. The van der Waals surface area contributed by atoms with Crippen molar-refractivity contribution >= 4 is 41.3 Å². The highest BCUT2D eigenvalue weighted by molar-refractivity contribution is 8.00. The Morgan fingerprint density at radius 2 is 2.28 bits per heavy atom. The van der Waals surface area contributed by atoms with Crippen molar-refractivity contribution in [1.82, 2.24) is 30.4 Å². The number of methoxy groups -OCH3 is 1. The second-order valence-electron chi connectivity index (χ2n) is 6.04. The molecule has 0 unspecified atom stereocenters. The van der Waals surface area contributed by atoms with Crippen molar-refractivity contribution in [2.75, 3.05) is 31.8 Å². The average molecular weight is 500 g/mol. The Balaban J connectivity index is 1.82. The van der Waals surface area contributed by atoms with Gasteiger partial charge in [-0.05, 0) is 16.0 Å². The summed E-state index contributed by atoms with van der Waals surface area (Å²) >= 11 is 0.688. The van der Waals surface area contributed by atoms with E-state index in [0.717, 1.165) is 7.11 Å². The van der Waals surface area contributed by atoms with E-state index < -0.39 is 66.6 Å². The van der Waals surface area contributed by atoms with Crippen LogP contribution < -0.4 is 5.32 Å². The molecule has 3 heterocycles. The fourth-order valence-corrected chi connectivity index (χ4v) is 4.15. The van der Waals surface area contributed by atoms with Crippen LogP contribution in [0.3, 0.4) is 0 Å². The molecule has 3 rings (SSSR count). The van der Waals surface area contributed by atoms with Gasteiger partial charge in [0.25, 0.3) is 17.4 Å². The molecule has 0 aromatic carbocycles. The van der Waals surface area contributed by atoms with Gasteiger partial charge in [0.15, 0.2) is 6.23 Å². The Labute approximate surface area is 193 Å². The number of rotatable bonds is 11. The van der Waals surface area contributed by atoms with Gasteiger partial charge in [-0.2, -0.15) is 8.78 Å². The SMILES string of the molecule is [2H]C([2H])(O)C([2H])([2H])n1nnnc1SCC1=C(C(=O)O)N2C(=O)[C@](NC(=O)CSC(F)F)(OC)[C@H]2OC1. The number of tetrazole rings is 1. The van der Waals surface area contributed by atoms with Crippen molar-refractivity contribution < 1.29 is 48.3 Å². The van der Waals surface area contributed by atoms with Crippen molar-refractivity contribution in [2.45, 2.75) is 29.4 Å². The number of nitrogens with zero attached hydrogens (tertiary/aromatic N) is 5. The number of hydrogen-bond acceptors (Lipinski definition) is 11. The van der Waals surface area contributed by atoms with E-state index in [1.165, 1.54) is 0 Å². The third-order valence-electron chi connectivity index (χ3n) is 4.27. The molecule has 0 radical (unpaired) electrons. The van der Waals surface area contributed by atoms with Crippen LogP contribution in [0, 0.1) is 0 Å². The summed E-state index contributed by atoms with van der Waals surface area (Å²) < 4.78 is 65.7. The average Bonchev–Trinajstić information content (AvgIpc) is 3.27. The summed E-state index contributed by atoms with van der Waals surface area (Å²) in [7, 11) is 1.04. The summed E-state index contributed by atoms with van der Waals surface area (Å²) in [6, 6.07) is 0. The minimum Gasteiger partial charge on any atom is -0.477 e. The molecule has 13 nitrogen and oxygen atoms in total. The van der Waals surface area contributed by atoms with E-state index >= 15 is 0 Å². The van der Waals surface area contributed by atoms with Gasteiger partial charge in [0.05, 0.1) is 30.9 Å². The first kappa shape index (κ1) is 19.2. The van der Waals surface area contributed by atoms with Crippen molar-refractivity contribution in [3.05, 3.63) is 11.3 Å². The number of carbonyl (C=O) groups excluding carboxylic acids is 2. The van der Waals surface area contributed by atoms with Crippen LogP contribution >= 0.6 is 23.5 Å². The van der Waals surface area contributed by atoms with Crippen LogP contribution in [0.2, 0.25) is 0 Å². The van der Waals surface area contributed by atoms with Gasteiger partial charge in [-0.3, -0.25) is 14.5 Å². The summed E-state index contributed by atoms with van der Waals surface area (Å²) in [5.74, 6) is -7.33. The second kappa shape index (κ2) is 10.1. The molecule has 0 spiro atoms. The number of halogens is 2. The largest absolute Gasteiger partial charge is 0.477 e. The third kappa shape index (κ3) is 4.56. The number of amides is 2. The smallest absolute Gasteiger partial charge is 0.352 e. The highest BCUT2D eigenvalue weighted by Gasteiger charge is 2.67. The maximum Gasteiger partial charge on any atom is 0.352 e. The lowest BCUT2D eigenvalue weighted by Gasteiger charge is -2.55. The van der Waals surface area contributed by atoms with Crippen LogP contribution in [0.15, 0.2) is 16.4 Å². The van der Waals surface area contributed by atoms with Crippen LogP contribution in [0.5, 0.6) is 0 Å². The number of fused-ring (bicyclic) bond motifs is 1. The Morgan fingerprint density at radius 3 is 2.91 bits per heavy atom. The van der Waals surface area contributed by atoms with Crippen molar-refractivity contribution in [1.29, 1.82) is 0 Å². The molecule has 1 aromatic heterocycles. The van der Waals surface area contributed by atoms with Gasteiger partial charge < -0.3 is 25.0 Å². The van der Waals surface area contributed by atoms with E-state index in [2.05, 4.69) is 20.8 Å². The Bertz CT molecular complexity index is 1090. The Morgan fingerprint density at radius 1 is 1.53 bits per heavy atom. The van der Waals surface area contributed by atoms with Crippen molar-refractivity contribution in [3.8, 4) is 0 Å². The molecule has 17 heteroatoms. The number of carboxylic acid groups (broad SMARTS) is 1. The number of aromatic nitrogens is 4. The molecule has 1 fully saturated rings. The number of aliphatic hydroxyl groups is 1. The van der Waals surface area contributed by atoms with Crippen LogP contribution in [0.25, 0.3) is 0 Å². The van der Waals surface area contributed by atoms with E-state index in [9.17, 15) is 33.4 Å². The number of alkyl halides is 2. The zero-order valence-electron chi connectivity index (χ0n) is 20.0. The number of hydrogen-bond donors (Lipinski definition) is 3. The zero-order chi connectivity index (χ0) is 27.1. The van der Waals surface area contributed by atoms with Gasteiger partial charge in [0, 0.05) is 12.9 Å². The maximum atomic E-state index is 12.9. The summed E-state index contributed by atoms with van der Waals surface area (Å²) in [5.41, 5.74) is -2.64. The molecule has 2 aliphatic rings. The highest BCUT2D eigenvalue weighted by atomic mass is 32.2. The molecule has 1 aromatic rings. The fraction of sp³-hybridized carbons (Fsp3) is 0.600. The first-order chi connectivity index (χ1) is 16.7. The predicted octanol–water partition coefficient (Wildman–Crippen LogP) is -1.29.